The van der Waals surface area contributed by atoms with Gasteiger partial charge in [0.2, 0.25) is 11.7 Å². The molecule has 0 saturated heterocycles. The Morgan fingerprint density at radius 1 is 1.38 bits per heavy atom. The molecule has 0 aliphatic carbocycles. The highest BCUT2D eigenvalue weighted by atomic mass is 16.2. The SMILES string of the molecule is C=C(C)C.C=CC(=O)C#CCCC(=N)C1=C(N)CCN(C(C)=O)[C@H]1CC. The summed E-state index contributed by atoms with van der Waals surface area (Å²) < 4.78 is 0. The molecule has 5 nitrogen and oxygen atoms in total. The summed E-state index contributed by atoms with van der Waals surface area (Å²) in [4.78, 5) is 24.5. The van der Waals surface area contributed by atoms with Crippen LogP contribution in [0, 0.1) is 17.3 Å². The number of hydrogen-bond donors (Lipinski definition) is 2. The Labute approximate surface area is 157 Å². The van der Waals surface area contributed by atoms with E-state index in [1.807, 2.05) is 20.8 Å². The second kappa shape index (κ2) is 11.9. The minimum atomic E-state index is -0.322. The molecule has 0 unspecified atom stereocenters. The van der Waals surface area contributed by atoms with Crippen LogP contribution in [0.2, 0.25) is 0 Å². The van der Waals surface area contributed by atoms with Crippen molar-refractivity contribution in [3.63, 3.8) is 0 Å². The quantitative estimate of drug-likeness (QED) is 0.260. The smallest absolute Gasteiger partial charge is 0.228 e. The normalized spacial score (nSPS) is 15.8. The summed E-state index contributed by atoms with van der Waals surface area (Å²) in [5.41, 5.74) is 9.08. The molecular formula is C21H31N3O2. The van der Waals surface area contributed by atoms with E-state index in [2.05, 4.69) is 25.0 Å². The van der Waals surface area contributed by atoms with Crippen molar-refractivity contribution < 1.29 is 9.59 Å². The van der Waals surface area contributed by atoms with Gasteiger partial charge in [0.1, 0.15) is 0 Å². The van der Waals surface area contributed by atoms with Gasteiger partial charge in [0, 0.05) is 49.7 Å². The molecule has 1 rings (SSSR count). The second-order valence-electron chi connectivity index (χ2n) is 6.38. The summed E-state index contributed by atoms with van der Waals surface area (Å²) >= 11 is 0. The molecule has 1 heterocycles. The molecule has 5 heteroatoms. The van der Waals surface area contributed by atoms with Crippen molar-refractivity contribution >= 4 is 17.4 Å². The lowest BCUT2D eigenvalue weighted by molar-refractivity contribution is -0.130. The van der Waals surface area contributed by atoms with E-state index in [1.54, 1.807) is 4.90 Å². The zero-order valence-electron chi connectivity index (χ0n) is 16.4. The van der Waals surface area contributed by atoms with Gasteiger partial charge in [0.15, 0.2) is 0 Å². The Kier molecular flexibility index (Phi) is 10.7. The van der Waals surface area contributed by atoms with Gasteiger partial charge in [0.25, 0.3) is 0 Å². The first kappa shape index (κ1) is 23.4. The molecule has 0 spiro atoms. The molecule has 0 bridgehead atoms. The first-order valence-electron chi connectivity index (χ1n) is 8.76. The average molecular weight is 357 g/mol. The summed E-state index contributed by atoms with van der Waals surface area (Å²) in [6, 6.07) is -0.137. The van der Waals surface area contributed by atoms with Gasteiger partial charge in [-0.2, -0.15) is 0 Å². The summed E-state index contributed by atoms with van der Waals surface area (Å²) in [5, 5.41) is 8.26. The van der Waals surface area contributed by atoms with Crippen molar-refractivity contribution in [2.45, 2.75) is 59.4 Å². The maximum absolute atomic E-state index is 11.7. The van der Waals surface area contributed by atoms with Crippen molar-refractivity contribution in [3.8, 4) is 11.8 Å². The monoisotopic (exact) mass is 357 g/mol. The van der Waals surface area contributed by atoms with E-state index < -0.39 is 0 Å². The zero-order chi connectivity index (χ0) is 20.3. The van der Waals surface area contributed by atoms with E-state index >= 15 is 0 Å². The first-order chi connectivity index (χ1) is 12.1. The van der Waals surface area contributed by atoms with Crippen molar-refractivity contribution in [3.05, 3.63) is 36.1 Å². The predicted octanol–water partition coefficient (Wildman–Crippen LogP) is 3.37. The van der Waals surface area contributed by atoms with Crippen LogP contribution < -0.4 is 5.73 Å². The zero-order valence-corrected chi connectivity index (χ0v) is 16.4. The molecule has 0 fully saturated rings. The summed E-state index contributed by atoms with van der Waals surface area (Å²) in [5.74, 6) is 4.85. The third kappa shape index (κ3) is 7.98. The number of ketones is 1. The first-order valence-corrected chi connectivity index (χ1v) is 8.76. The molecule has 142 valence electrons. The van der Waals surface area contributed by atoms with Crippen LogP contribution in [0.5, 0.6) is 0 Å². The number of amides is 1. The highest BCUT2D eigenvalue weighted by Gasteiger charge is 2.30. The Morgan fingerprint density at radius 2 is 1.96 bits per heavy atom. The van der Waals surface area contributed by atoms with Crippen LogP contribution in [0.15, 0.2) is 36.1 Å². The van der Waals surface area contributed by atoms with Crippen LogP contribution in [0.25, 0.3) is 0 Å². The van der Waals surface area contributed by atoms with Gasteiger partial charge in [0.05, 0.1) is 6.04 Å². The van der Waals surface area contributed by atoms with E-state index in [0.29, 0.717) is 37.2 Å². The number of carbonyl (C=O) groups excluding carboxylic acids is 2. The Hall–Kier alpha value is -2.61. The van der Waals surface area contributed by atoms with Crippen LogP contribution in [0.1, 0.15) is 53.4 Å². The fourth-order valence-corrected chi connectivity index (χ4v) is 2.62. The van der Waals surface area contributed by atoms with Crippen LogP contribution in [-0.4, -0.2) is 34.9 Å². The third-order valence-corrected chi connectivity index (χ3v) is 3.69. The lowest BCUT2D eigenvalue weighted by Gasteiger charge is -2.37. The molecule has 0 aromatic rings. The molecule has 0 aromatic carbocycles. The number of rotatable bonds is 5. The fraction of sp³-hybridized carbons (Fsp3) is 0.476. The summed E-state index contributed by atoms with van der Waals surface area (Å²) in [6.07, 6.45) is 3.30. The van der Waals surface area contributed by atoms with Gasteiger partial charge in [-0.15, -0.1) is 6.58 Å². The minimum absolute atomic E-state index is 0.000946. The van der Waals surface area contributed by atoms with Crippen molar-refractivity contribution in [2.24, 2.45) is 5.73 Å². The van der Waals surface area contributed by atoms with Crippen LogP contribution >= 0.6 is 0 Å². The van der Waals surface area contributed by atoms with Gasteiger partial charge in [-0.05, 0) is 32.3 Å². The summed E-state index contributed by atoms with van der Waals surface area (Å²) in [6.45, 7) is 15.0. The van der Waals surface area contributed by atoms with E-state index in [-0.39, 0.29) is 17.7 Å². The van der Waals surface area contributed by atoms with Gasteiger partial charge in [-0.3, -0.25) is 9.59 Å². The third-order valence-electron chi connectivity index (χ3n) is 3.69. The maximum Gasteiger partial charge on any atom is 0.228 e. The van der Waals surface area contributed by atoms with Gasteiger partial charge >= 0.3 is 0 Å². The Balaban J connectivity index is 0.00000141. The molecule has 0 radical (unpaired) electrons. The Morgan fingerprint density at radius 3 is 2.42 bits per heavy atom. The van der Waals surface area contributed by atoms with E-state index in [1.165, 1.54) is 12.5 Å². The van der Waals surface area contributed by atoms with Crippen LogP contribution in [0.3, 0.4) is 0 Å². The molecule has 26 heavy (non-hydrogen) atoms. The van der Waals surface area contributed by atoms with Crippen molar-refractivity contribution in [1.82, 2.24) is 4.90 Å². The molecule has 0 saturated carbocycles. The number of allylic oxidation sites excluding steroid dienone is 2. The fourth-order valence-electron chi connectivity index (χ4n) is 2.62. The van der Waals surface area contributed by atoms with Gasteiger partial charge in [-0.1, -0.05) is 25.0 Å². The number of hydrogen-bond acceptors (Lipinski definition) is 4. The van der Waals surface area contributed by atoms with E-state index in [0.717, 1.165) is 18.1 Å². The Bertz CT molecular complexity index is 658. The largest absolute Gasteiger partial charge is 0.402 e. The van der Waals surface area contributed by atoms with Crippen LogP contribution in [-0.2, 0) is 9.59 Å². The highest BCUT2D eigenvalue weighted by Crippen LogP contribution is 2.26. The molecule has 1 aliphatic rings. The molecular weight excluding hydrogens is 326 g/mol. The summed E-state index contributed by atoms with van der Waals surface area (Å²) in [7, 11) is 0. The number of nitrogens with zero attached hydrogens (tertiary/aromatic N) is 1. The van der Waals surface area contributed by atoms with Crippen molar-refractivity contribution in [1.29, 1.82) is 5.41 Å². The lowest BCUT2D eigenvalue weighted by Crippen LogP contribution is -2.46. The second-order valence-corrected chi connectivity index (χ2v) is 6.38. The van der Waals surface area contributed by atoms with E-state index in [4.69, 9.17) is 11.1 Å². The topological polar surface area (TPSA) is 87.2 Å². The highest BCUT2D eigenvalue weighted by molar-refractivity contribution is 6.04. The number of nitrogens with one attached hydrogen (secondary N) is 1. The molecule has 0 aromatic heterocycles. The maximum atomic E-state index is 11.7. The molecule has 3 N–H and O–H groups in total. The molecule has 1 atom stereocenters. The van der Waals surface area contributed by atoms with Crippen LogP contribution in [0.4, 0.5) is 0 Å². The average Bonchev–Trinajstić information content (AvgIpc) is 2.56. The van der Waals surface area contributed by atoms with Gasteiger partial charge < -0.3 is 16.0 Å². The molecule has 1 amide bonds. The molecule has 1 aliphatic heterocycles. The standard InChI is InChI=1S/C17H23N3O2.C4H8/c1-4-13(22)8-6-7-9-14(18)17-15(19)10-11-20(12(3)21)16(17)5-2;1-4(2)3/h4,16,18H,1,5,7,9-11,19H2,2-3H3;1H2,2-3H3/t16-;/m0./s1. The van der Waals surface area contributed by atoms with Crippen molar-refractivity contribution in [2.75, 3.05) is 6.54 Å². The van der Waals surface area contributed by atoms with E-state index in [9.17, 15) is 9.59 Å². The lowest BCUT2D eigenvalue weighted by atomic mass is 9.89. The number of nitrogens with two attached hydrogens (primary N) is 1. The predicted molar refractivity (Wildman–Crippen MR) is 108 cm³/mol. The van der Waals surface area contributed by atoms with Gasteiger partial charge in [-0.25, -0.2) is 0 Å². The number of carbonyl (C=O) groups is 2. The minimum Gasteiger partial charge on any atom is -0.402 e.